The van der Waals surface area contributed by atoms with E-state index in [2.05, 4.69) is 4.74 Å². The summed E-state index contributed by atoms with van der Waals surface area (Å²) < 4.78 is 10.1. The average Bonchev–Trinajstić information content (AvgIpc) is 3.19. The molecule has 4 nitrogen and oxygen atoms in total. The van der Waals surface area contributed by atoms with E-state index in [1.165, 1.54) is 0 Å². The largest absolute Gasteiger partial charge is 0.460 e. The summed E-state index contributed by atoms with van der Waals surface area (Å²) in [4.78, 5) is 23.0. The Morgan fingerprint density at radius 3 is 2.32 bits per heavy atom. The smallest absolute Gasteiger partial charge is 0.379 e. The van der Waals surface area contributed by atoms with Crippen molar-refractivity contribution in [2.45, 2.75) is 31.8 Å². The SMILES string of the molecule is CCOC(=O)C(=O)c1ccc(CC2(OC)CC2)cc1. The molecule has 1 aliphatic carbocycles. The molecule has 0 bridgehead atoms. The third kappa shape index (κ3) is 3.20. The van der Waals surface area contributed by atoms with Crippen molar-refractivity contribution in [2.24, 2.45) is 0 Å². The lowest BCUT2D eigenvalue weighted by molar-refractivity contribution is -0.137. The summed E-state index contributed by atoms with van der Waals surface area (Å²) in [7, 11) is 1.73. The molecule has 0 aliphatic heterocycles. The van der Waals surface area contributed by atoms with Crippen LogP contribution < -0.4 is 0 Å². The van der Waals surface area contributed by atoms with Crippen LogP contribution in [-0.4, -0.2) is 31.1 Å². The molecule has 0 N–H and O–H groups in total. The molecule has 19 heavy (non-hydrogen) atoms. The number of ketones is 1. The van der Waals surface area contributed by atoms with E-state index in [9.17, 15) is 9.59 Å². The molecule has 1 aromatic carbocycles. The highest BCUT2D eigenvalue weighted by Gasteiger charge is 2.42. The molecule has 4 heteroatoms. The molecule has 0 unspecified atom stereocenters. The highest BCUT2D eigenvalue weighted by Crippen LogP contribution is 2.41. The van der Waals surface area contributed by atoms with E-state index >= 15 is 0 Å². The molecule has 1 aromatic rings. The molecule has 102 valence electrons. The van der Waals surface area contributed by atoms with Gasteiger partial charge >= 0.3 is 5.97 Å². The number of Topliss-reactive ketones (excluding diaryl/α,β-unsaturated/α-hetero) is 1. The fraction of sp³-hybridized carbons (Fsp3) is 0.467. The Morgan fingerprint density at radius 2 is 1.84 bits per heavy atom. The van der Waals surface area contributed by atoms with Gasteiger partial charge in [-0.05, 0) is 25.3 Å². The van der Waals surface area contributed by atoms with Crippen molar-refractivity contribution in [1.82, 2.24) is 0 Å². The summed E-state index contributed by atoms with van der Waals surface area (Å²) in [5, 5.41) is 0. The van der Waals surface area contributed by atoms with E-state index in [0.717, 1.165) is 24.8 Å². The van der Waals surface area contributed by atoms with Crippen molar-refractivity contribution in [3.8, 4) is 0 Å². The normalized spacial score (nSPS) is 15.9. The summed E-state index contributed by atoms with van der Waals surface area (Å²) in [6.45, 7) is 1.88. The van der Waals surface area contributed by atoms with Gasteiger partial charge in [0.1, 0.15) is 0 Å². The van der Waals surface area contributed by atoms with Gasteiger partial charge in [0.25, 0.3) is 5.78 Å². The van der Waals surface area contributed by atoms with Gasteiger partial charge in [0.2, 0.25) is 0 Å². The highest BCUT2D eigenvalue weighted by molar-refractivity contribution is 6.40. The summed E-state index contributed by atoms with van der Waals surface area (Å²) >= 11 is 0. The molecular weight excluding hydrogens is 244 g/mol. The van der Waals surface area contributed by atoms with Crippen molar-refractivity contribution in [3.63, 3.8) is 0 Å². The Balaban J connectivity index is 2.02. The standard InChI is InChI=1S/C15H18O4/c1-3-19-14(17)13(16)12-6-4-11(5-7-12)10-15(18-2)8-9-15/h4-7H,3,8-10H2,1-2H3. The third-order valence-corrected chi connectivity index (χ3v) is 3.44. The maximum absolute atomic E-state index is 11.7. The molecule has 1 saturated carbocycles. The van der Waals surface area contributed by atoms with Gasteiger partial charge in [0.15, 0.2) is 0 Å². The van der Waals surface area contributed by atoms with E-state index in [1.54, 1.807) is 26.2 Å². The van der Waals surface area contributed by atoms with Gasteiger partial charge in [0, 0.05) is 19.1 Å². The van der Waals surface area contributed by atoms with Crippen LogP contribution >= 0.6 is 0 Å². The quantitative estimate of drug-likeness (QED) is 0.448. The second kappa shape index (κ2) is 5.53. The van der Waals surface area contributed by atoms with Crippen LogP contribution in [0.15, 0.2) is 24.3 Å². The Labute approximate surface area is 112 Å². The predicted molar refractivity (Wildman–Crippen MR) is 70.1 cm³/mol. The van der Waals surface area contributed by atoms with Crippen molar-refractivity contribution < 1.29 is 19.1 Å². The summed E-state index contributed by atoms with van der Waals surface area (Å²) in [6, 6.07) is 7.07. The second-order valence-corrected chi connectivity index (χ2v) is 4.81. The van der Waals surface area contributed by atoms with Crippen molar-refractivity contribution in [2.75, 3.05) is 13.7 Å². The van der Waals surface area contributed by atoms with Crippen LogP contribution in [0.5, 0.6) is 0 Å². The molecule has 0 spiro atoms. The summed E-state index contributed by atoms with van der Waals surface area (Å²) in [6.07, 6.45) is 3.00. The first-order chi connectivity index (χ1) is 9.10. The van der Waals surface area contributed by atoms with E-state index in [-0.39, 0.29) is 12.2 Å². The molecule has 0 saturated heterocycles. The van der Waals surface area contributed by atoms with Gasteiger partial charge in [0.05, 0.1) is 12.2 Å². The van der Waals surface area contributed by atoms with Crippen molar-refractivity contribution in [1.29, 1.82) is 0 Å². The summed E-state index contributed by atoms with van der Waals surface area (Å²) in [5.74, 6) is -1.40. The molecule has 0 heterocycles. The van der Waals surface area contributed by atoms with Gasteiger partial charge in [-0.2, -0.15) is 0 Å². The minimum atomic E-state index is -0.800. The number of carbonyl (C=O) groups is 2. The zero-order chi connectivity index (χ0) is 13.9. The number of carbonyl (C=O) groups excluding carboxylic acids is 2. The van der Waals surface area contributed by atoms with Gasteiger partial charge < -0.3 is 9.47 Å². The minimum absolute atomic E-state index is 0.00728. The lowest BCUT2D eigenvalue weighted by Gasteiger charge is -2.13. The molecule has 1 aliphatic rings. The zero-order valence-corrected chi connectivity index (χ0v) is 11.3. The molecule has 0 radical (unpaired) electrons. The first-order valence-corrected chi connectivity index (χ1v) is 6.46. The lowest BCUT2D eigenvalue weighted by atomic mass is 10.0. The first-order valence-electron chi connectivity index (χ1n) is 6.46. The monoisotopic (exact) mass is 262 g/mol. The Bertz CT molecular complexity index is 471. The number of hydrogen-bond donors (Lipinski definition) is 0. The first kappa shape index (κ1) is 13.7. The zero-order valence-electron chi connectivity index (χ0n) is 11.3. The van der Waals surface area contributed by atoms with Crippen LogP contribution in [0.25, 0.3) is 0 Å². The second-order valence-electron chi connectivity index (χ2n) is 4.81. The molecule has 2 rings (SSSR count). The number of benzene rings is 1. The molecule has 1 fully saturated rings. The fourth-order valence-electron chi connectivity index (χ4n) is 2.05. The van der Waals surface area contributed by atoms with Crippen LogP contribution in [-0.2, 0) is 20.7 Å². The van der Waals surface area contributed by atoms with Gasteiger partial charge in [-0.25, -0.2) is 4.79 Å². The van der Waals surface area contributed by atoms with E-state index < -0.39 is 11.8 Å². The minimum Gasteiger partial charge on any atom is -0.460 e. The maximum Gasteiger partial charge on any atom is 0.379 e. The molecule has 0 aromatic heterocycles. The maximum atomic E-state index is 11.7. The number of rotatable bonds is 6. The third-order valence-electron chi connectivity index (χ3n) is 3.44. The molecule has 0 amide bonds. The Morgan fingerprint density at radius 1 is 1.21 bits per heavy atom. The van der Waals surface area contributed by atoms with Crippen molar-refractivity contribution in [3.05, 3.63) is 35.4 Å². The molecule has 0 atom stereocenters. The van der Waals surface area contributed by atoms with Crippen LogP contribution in [0.3, 0.4) is 0 Å². The van der Waals surface area contributed by atoms with Crippen molar-refractivity contribution >= 4 is 11.8 Å². The Kier molecular flexibility index (Phi) is 4.00. The number of hydrogen-bond acceptors (Lipinski definition) is 4. The van der Waals surface area contributed by atoms with Gasteiger partial charge in [-0.3, -0.25) is 4.79 Å². The molecular formula is C15H18O4. The predicted octanol–water partition coefficient (Wildman–Crippen LogP) is 2.15. The number of ether oxygens (including phenoxy) is 2. The van der Waals surface area contributed by atoms with Gasteiger partial charge in [-0.1, -0.05) is 24.3 Å². The number of methoxy groups -OCH3 is 1. The van der Waals surface area contributed by atoms with Crippen LogP contribution in [0.1, 0.15) is 35.7 Å². The van der Waals surface area contributed by atoms with E-state index in [0.29, 0.717) is 5.56 Å². The highest BCUT2D eigenvalue weighted by atomic mass is 16.5. The van der Waals surface area contributed by atoms with E-state index in [4.69, 9.17) is 4.74 Å². The van der Waals surface area contributed by atoms with Gasteiger partial charge in [-0.15, -0.1) is 0 Å². The fourth-order valence-corrected chi connectivity index (χ4v) is 2.05. The Hall–Kier alpha value is -1.68. The van der Waals surface area contributed by atoms with E-state index in [1.807, 2.05) is 12.1 Å². The summed E-state index contributed by atoms with van der Waals surface area (Å²) in [5.41, 5.74) is 1.47. The number of esters is 1. The average molecular weight is 262 g/mol. The van der Waals surface area contributed by atoms with Crippen LogP contribution in [0, 0.1) is 0 Å². The van der Waals surface area contributed by atoms with Crippen LogP contribution in [0.2, 0.25) is 0 Å². The van der Waals surface area contributed by atoms with Crippen LogP contribution in [0.4, 0.5) is 0 Å². The topological polar surface area (TPSA) is 52.6 Å². The lowest BCUT2D eigenvalue weighted by Crippen LogP contribution is -2.18.